The second-order valence-electron chi connectivity index (χ2n) is 4.51. The molecule has 0 saturated heterocycles. The minimum atomic E-state index is 0.0943. The molecule has 0 spiro atoms. The molecule has 3 heteroatoms. The molecule has 0 aliphatic rings. The van der Waals surface area contributed by atoms with Crippen molar-refractivity contribution in [3.05, 3.63) is 29.3 Å². The van der Waals surface area contributed by atoms with Gasteiger partial charge in [0.1, 0.15) is 0 Å². The van der Waals surface area contributed by atoms with Crippen LogP contribution >= 0.6 is 0 Å². The van der Waals surface area contributed by atoms with Gasteiger partial charge in [0.15, 0.2) is 0 Å². The molecule has 0 unspecified atom stereocenters. The van der Waals surface area contributed by atoms with Gasteiger partial charge >= 0.3 is 0 Å². The Balaban J connectivity index is 2.55. The maximum atomic E-state index is 11.5. The summed E-state index contributed by atoms with van der Waals surface area (Å²) in [5, 5.41) is 2.90. The molecule has 0 aliphatic carbocycles. The summed E-state index contributed by atoms with van der Waals surface area (Å²) in [6.07, 6.45) is 0.571. The van der Waals surface area contributed by atoms with Gasteiger partial charge in [0.05, 0.1) is 0 Å². The first kappa shape index (κ1) is 12.6. The van der Waals surface area contributed by atoms with Gasteiger partial charge in [-0.2, -0.15) is 0 Å². The van der Waals surface area contributed by atoms with Crippen LogP contribution in [-0.4, -0.2) is 5.91 Å². The predicted octanol–water partition coefficient (Wildman–Crippen LogP) is 2.24. The first-order valence-electron chi connectivity index (χ1n) is 5.61. The molecule has 0 fully saturated rings. The fourth-order valence-corrected chi connectivity index (χ4v) is 1.53. The largest absolute Gasteiger partial charge is 0.399 e. The third kappa shape index (κ3) is 3.57. The van der Waals surface area contributed by atoms with Gasteiger partial charge in [0.2, 0.25) is 5.91 Å². The molecule has 88 valence electrons. The van der Waals surface area contributed by atoms with Crippen molar-refractivity contribution >= 4 is 11.6 Å². The molecule has 0 aliphatic heterocycles. The van der Waals surface area contributed by atoms with E-state index in [4.69, 9.17) is 5.73 Å². The molecule has 0 saturated carbocycles. The number of carbonyl (C=O) groups is 1. The van der Waals surface area contributed by atoms with Crippen molar-refractivity contribution in [2.45, 2.75) is 33.7 Å². The Morgan fingerprint density at radius 2 is 2.12 bits per heavy atom. The van der Waals surface area contributed by atoms with E-state index in [1.807, 2.05) is 39.0 Å². The zero-order valence-corrected chi connectivity index (χ0v) is 10.2. The van der Waals surface area contributed by atoms with Crippen molar-refractivity contribution in [3.63, 3.8) is 0 Å². The number of amides is 1. The van der Waals surface area contributed by atoms with Crippen LogP contribution in [0.15, 0.2) is 18.2 Å². The standard InChI is InChI=1S/C13H20N2O/c1-9(2)7-13(16)15-8-11-5-4-6-12(14)10(11)3/h4-6,9H,7-8,14H2,1-3H3,(H,15,16). The van der Waals surface area contributed by atoms with E-state index < -0.39 is 0 Å². The van der Waals surface area contributed by atoms with E-state index in [9.17, 15) is 4.79 Å². The van der Waals surface area contributed by atoms with Crippen LogP contribution in [0.25, 0.3) is 0 Å². The molecule has 1 aromatic rings. The zero-order chi connectivity index (χ0) is 12.1. The van der Waals surface area contributed by atoms with Gasteiger partial charge in [-0.3, -0.25) is 4.79 Å². The summed E-state index contributed by atoms with van der Waals surface area (Å²) >= 11 is 0. The molecule has 1 rings (SSSR count). The lowest BCUT2D eigenvalue weighted by Gasteiger charge is -2.10. The van der Waals surface area contributed by atoms with Crippen LogP contribution < -0.4 is 11.1 Å². The third-order valence-corrected chi connectivity index (χ3v) is 2.56. The maximum absolute atomic E-state index is 11.5. The Labute approximate surface area is 97.0 Å². The lowest BCUT2D eigenvalue weighted by atomic mass is 10.1. The summed E-state index contributed by atoms with van der Waals surface area (Å²) in [7, 11) is 0. The summed E-state index contributed by atoms with van der Waals surface area (Å²) in [5.41, 5.74) is 8.70. The zero-order valence-electron chi connectivity index (χ0n) is 10.2. The highest BCUT2D eigenvalue weighted by Gasteiger charge is 2.06. The SMILES string of the molecule is Cc1c(N)cccc1CNC(=O)CC(C)C. The molecule has 0 atom stereocenters. The smallest absolute Gasteiger partial charge is 0.220 e. The van der Waals surface area contributed by atoms with E-state index in [-0.39, 0.29) is 5.91 Å². The topological polar surface area (TPSA) is 55.1 Å². The number of anilines is 1. The van der Waals surface area contributed by atoms with Gasteiger partial charge in [-0.05, 0) is 30.0 Å². The molecule has 3 N–H and O–H groups in total. The van der Waals surface area contributed by atoms with Crippen LogP contribution in [0.4, 0.5) is 5.69 Å². The highest BCUT2D eigenvalue weighted by molar-refractivity contribution is 5.76. The van der Waals surface area contributed by atoms with Crippen LogP contribution in [0.1, 0.15) is 31.4 Å². The Hall–Kier alpha value is -1.51. The van der Waals surface area contributed by atoms with Crippen molar-refractivity contribution in [1.29, 1.82) is 0 Å². The van der Waals surface area contributed by atoms with Gasteiger partial charge in [-0.1, -0.05) is 26.0 Å². The number of hydrogen-bond donors (Lipinski definition) is 2. The van der Waals surface area contributed by atoms with Gasteiger partial charge in [0.25, 0.3) is 0 Å². The number of benzene rings is 1. The molecule has 1 aromatic carbocycles. The van der Waals surface area contributed by atoms with Crippen LogP contribution in [0, 0.1) is 12.8 Å². The van der Waals surface area contributed by atoms with E-state index in [0.717, 1.165) is 16.8 Å². The monoisotopic (exact) mass is 220 g/mol. The minimum Gasteiger partial charge on any atom is -0.399 e. The highest BCUT2D eigenvalue weighted by Crippen LogP contribution is 2.15. The second kappa shape index (κ2) is 5.54. The molecule has 0 radical (unpaired) electrons. The van der Waals surface area contributed by atoms with E-state index in [1.54, 1.807) is 0 Å². The fraction of sp³-hybridized carbons (Fsp3) is 0.462. The number of carbonyl (C=O) groups excluding carboxylic acids is 1. The Kier molecular flexibility index (Phi) is 4.35. The minimum absolute atomic E-state index is 0.0943. The molecular weight excluding hydrogens is 200 g/mol. The van der Waals surface area contributed by atoms with Crippen LogP contribution in [0.2, 0.25) is 0 Å². The van der Waals surface area contributed by atoms with Gasteiger partial charge in [-0.15, -0.1) is 0 Å². The number of nitrogens with one attached hydrogen (secondary N) is 1. The average molecular weight is 220 g/mol. The Morgan fingerprint density at radius 3 is 2.75 bits per heavy atom. The summed E-state index contributed by atoms with van der Waals surface area (Å²) in [4.78, 5) is 11.5. The van der Waals surface area contributed by atoms with E-state index in [1.165, 1.54) is 0 Å². The molecule has 3 nitrogen and oxygen atoms in total. The second-order valence-corrected chi connectivity index (χ2v) is 4.51. The summed E-state index contributed by atoms with van der Waals surface area (Å²) in [6.45, 7) is 6.60. The Bertz CT molecular complexity index is 372. The van der Waals surface area contributed by atoms with Crippen LogP contribution in [-0.2, 0) is 11.3 Å². The van der Waals surface area contributed by atoms with Crippen molar-refractivity contribution in [1.82, 2.24) is 5.32 Å². The van der Waals surface area contributed by atoms with Crippen molar-refractivity contribution in [2.24, 2.45) is 5.92 Å². The van der Waals surface area contributed by atoms with Crippen LogP contribution in [0.5, 0.6) is 0 Å². The highest BCUT2D eigenvalue weighted by atomic mass is 16.1. The van der Waals surface area contributed by atoms with Crippen molar-refractivity contribution in [2.75, 3.05) is 5.73 Å². The summed E-state index contributed by atoms with van der Waals surface area (Å²) in [6, 6.07) is 5.77. The number of rotatable bonds is 4. The fourth-order valence-electron chi connectivity index (χ4n) is 1.53. The Morgan fingerprint density at radius 1 is 1.44 bits per heavy atom. The normalized spacial score (nSPS) is 10.5. The average Bonchev–Trinajstić information content (AvgIpc) is 2.19. The van der Waals surface area contributed by atoms with Gasteiger partial charge in [0, 0.05) is 18.7 Å². The molecule has 0 heterocycles. The first-order valence-corrected chi connectivity index (χ1v) is 5.61. The number of nitrogen functional groups attached to an aromatic ring is 1. The molecule has 0 aromatic heterocycles. The number of nitrogens with two attached hydrogens (primary N) is 1. The molecule has 0 bridgehead atoms. The third-order valence-electron chi connectivity index (χ3n) is 2.56. The number of hydrogen-bond acceptors (Lipinski definition) is 2. The lowest BCUT2D eigenvalue weighted by Crippen LogP contribution is -2.24. The summed E-state index contributed by atoms with van der Waals surface area (Å²) in [5.74, 6) is 0.485. The summed E-state index contributed by atoms with van der Waals surface area (Å²) < 4.78 is 0. The first-order chi connectivity index (χ1) is 7.50. The van der Waals surface area contributed by atoms with E-state index >= 15 is 0 Å². The van der Waals surface area contributed by atoms with Crippen LogP contribution in [0.3, 0.4) is 0 Å². The van der Waals surface area contributed by atoms with Gasteiger partial charge < -0.3 is 11.1 Å². The van der Waals surface area contributed by atoms with Crippen molar-refractivity contribution < 1.29 is 4.79 Å². The quantitative estimate of drug-likeness (QED) is 0.765. The molecule has 16 heavy (non-hydrogen) atoms. The molecule has 1 amide bonds. The maximum Gasteiger partial charge on any atom is 0.220 e. The van der Waals surface area contributed by atoms with E-state index in [2.05, 4.69) is 5.32 Å². The van der Waals surface area contributed by atoms with Crippen molar-refractivity contribution in [3.8, 4) is 0 Å². The lowest BCUT2D eigenvalue weighted by molar-refractivity contribution is -0.121. The predicted molar refractivity (Wildman–Crippen MR) is 66.9 cm³/mol. The molecular formula is C13H20N2O. The van der Waals surface area contributed by atoms with Gasteiger partial charge in [-0.25, -0.2) is 0 Å². The van der Waals surface area contributed by atoms with E-state index in [0.29, 0.717) is 18.9 Å².